The molecule has 2 fully saturated rings. The number of nitrogens with zero attached hydrogens (tertiary/aromatic N) is 2. The average Bonchev–Trinajstić information content (AvgIpc) is 3.11. The maximum Gasteiger partial charge on any atom is 0.194 e. The predicted molar refractivity (Wildman–Crippen MR) is 94.9 cm³/mol. The second-order valence-corrected chi connectivity index (χ2v) is 6.59. The molecule has 0 aromatic rings. The lowest BCUT2D eigenvalue weighted by Gasteiger charge is -2.23. The van der Waals surface area contributed by atoms with Crippen molar-refractivity contribution in [1.29, 1.82) is 0 Å². The van der Waals surface area contributed by atoms with E-state index in [1.165, 1.54) is 19.3 Å². The van der Waals surface area contributed by atoms with E-state index in [9.17, 15) is 0 Å². The highest BCUT2D eigenvalue weighted by molar-refractivity contribution is 14.0. The summed E-state index contributed by atoms with van der Waals surface area (Å²) in [7, 11) is 0. The van der Waals surface area contributed by atoms with Gasteiger partial charge in [0.25, 0.3) is 0 Å². The largest absolute Gasteiger partial charge is 0.379 e. The summed E-state index contributed by atoms with van der Waals surface area (Å²) in [6.45, 7) is 12.4. The number of halogens is 1. The lowest BCUT2D eigenvalue weighted by Crippen LogP contribution is -2.41. The van der Waals surface area contributed by atoms with Gasteiger partial charge in [-0.3, -0.25) is 4.99 Å². The molecule has 0 amide bonds. The topological polar surface area (TPSA) is 36.9 Å². The van der Waals surface area contributed by atoms with Gasteiger partial charge in [-0.2, -0.15) is 0 Å². The molecule has 1 saturated heterocycles. The Hall–Kier alpha value is -0.0400. The number of hydrogen-bond donors (Lipinski definition) is 1. The van der Waals surface area contributed by atoms with Crippen LogP contribution < -0.4 is 5.32 Å². The van der Waals surface area contributed by atoms with Crippen LogP contribution in [0.4, 0.5) is 0 Å². The fourth-order valence-corrected chi connectivity index (χ4v) is 2.47. The SMILES string of the molecule is CCNC(=NCCOCC1CC1)N1CCC(C)(C)C1.I. The molecular weight excluding hydrogens is 365 g/mol. The molecule has 1 N–H and O–H groups in total. The van der Waals surface area contributed by atoms with Gasteiger partial charge in [0.05, 0.1) is 13.2 Å². The van der Waals surface area contributed by atoms with E-state index >= 15 is 0 Å². The van der Waals surface area contributed by atoms with Gasteiger partial charge in [-0.15, -0.1) is 24.0 Å². The highest BCUT2D eigenvalue weighted by Gasteiger charge is 2.30. The van der Waals surface area contributed by atoms with Crippen LogP contribution in [-0.2, 0) is 4.74 Å². The predicted octanol–water partition coefficient (Wildman–Crippen LogP) is 2.73. The lowest BCUT2D eigenvalue weighted by molar-refractivity contribution is 0.131. The van der Waals surface area contributed by atoms with Gasteiger partial charge in [0.15, 0.2) is 5.96 Å². The molecule has 1 heterocycles. The molecule has 1 saturated carbocycles. The van der Waals surface area contributed by atoms with Crippen molar-refractivity contribution in [2.24, 2.45) is 16.3 Å². The quantitative estimate of drug-likeness (QED) is 0.325. The van der Waals surface area contributed by atoms with Gasteiger partial charge in [0.2, 0.25) is 0 Å². The van der Waals surface area contributed by atoms with Crippen LogP contribution in [-0.4, -0.2) is 50.3 Å². The van der Waals surface area contributed by atoms with Gasteiger partial charge < -0.3 is 15.0 Å². The van der Waals surface area contributed by atoms with Gasteiger partial charge >= 0.3 is 0 Å². The molecule has 2 aliphatic rings. The van der Waals surface area contributed by atoms with Crippen molar-refractivity contribution in [3.8, 4) is 0 Å². The third kappa shape index (κ3) is 6.16. The maximum atomic E-state index is 5.64. The van der Waals surface area contributed by atoms with Crippen molar-refractivity contribution in [3.05, 3.63) is 0 Å². The van der Waals surface area contributed by atoms with Crippen LogP contribution in [0.3, 0.4) is 0 Å². The van der Waals surface area contributed by atoms with Crippen molar-refractivity contribution in [2.45, 2.75) is 40.0 Å². The van der Waals surface area contributed by atoms with Gasteiger partial charge in [0.1, 0.15) is 0 Å². The minimum absolute atomic E-state index is 0. The van der Waals surface area contributed by atoms with E-state index in [0.717, 1.165) is 51.3 Å². The molecule has 0 atom stereocenters. The zero-order valence-corrected chi connectivity index (χ0v) is 15.5. The van der Waals surface area contributed by atoms with E-state index in [-0.39, 0.29) is 24.0 Å². The fraction of sp³-hybridized carbons (Fsp3) is 0.933. The summed E-state index contributed by atoms with van der Waals surface area (Å²) in [4.78, 5) is 7.06. The molecule has 0 unspecified atom stereocenters. The summed E-state index contributed by atoms with van der Waals surface area (Å²) in [5.74, 6) is 1.90. The van der Waals surface area contributed by atoms with Crippen molar-refractivity contribution >= 4 is 29.9 Å². The number of guanidine groups is 1. The number of nitrogens with one attached hydrogen (secondary N) is 1. The van der Waals surface area contributed by atoms with Crippen LogP contribution in [0.25, 0.3) is 0 Å². The van der Waals surface area contributed by atoms with Crippen LogP contribution in [0.1, 0.15) is 40.0 Å². The van der Waals surface area contributed by atoms with Crippen LogP contribution in [0, 0.1) is 11.3 Å². The molecule has 0 spiro atoms. The molecular formula is C15H30IN3O. The first-order chi connectivity index (χ1) is 9.11. The molecule has 0 bridgehead atoms. The third-order valence-corrected chi connectivity index (χ3v) is 3.86. The Balaban J connectivity index is 0.00000200. The lowest BCUT2D eigenvalue weighted by atomic mass is 9.93. The van der Waals surface area contributed by atoms with E-state index in [4.69, 9.17) is 4.74 Å². The fourth-order valence-electron chi connectivity index (χ4n) is 2.47. The van der Waals surface area contributed by atoms with E-state index in [1.807, 2.05) is 0 Å². The minimum atomic E-state index is 0. The molecule has 1 aliphatic heterocycles. The highest BCUT2D eigenvalue weighted by atomic mass is 127. The average molecular weight is 395 g/mol. The van der Waals surface area contributed by atoms with Crippen molar-refractivity contribution < 1.29 is 4.74 Å². The van der Waals surface area contributed by atoms with E-state index in [2.05, 4.69) is 36.0 Å². The number of rotatable bonds is 6. The van der Waals surface area contributed by atoms with Crippen LogP contribution in [0.15, 0.2) is 4.99 Å². The van der Waals surface area contributed by atoms with Gasteiger partial charge in [-0.05, 0) is 37.5 Å². The molecule has 0 aromatic carbocycles. The molecule has 5 heteroatoms. The van der Waals surface area contributed by atoms with Gasteiger partial charge in [-0.25, -0.2) is 0 Å². The van der Waals surface area contributed by atoms with Crippen molar-refractivity contribution in [2.75, 3.05) is 39.4 Å². The summed E-state index contributed by atoms with van der Waals surface area (Å²) in [6.07, 6.45) is 3.96. The molecule has 20 heavy (non-hydrogen) atoms. The number of hydrogen-bond acceptors (Lipinski definition) is 2. The van der Waals surface area contributed by atoms with Crippen LogP contribution in [0.2, 0.25) is 0 Å². The molecule has 0 aromatic heterocycles. The summed E-state index contributed by atoms with van der Waals surface area (Å²) >= 11 is 0. The minimum Gasteiger partial charge on any atom is -0.379 e. The van der Waals surface area contributed by atoms with E-state index in [0.29, 0.717) is 5.41 Å². The Morgan fingerprint density at radius 2 is 2.15 bits per heavy atom. The van der Waals surface area contributed by atoms with E-state index in [1.54, 1.807) is 0 Å². The third-order valence-electron chi connectivity index (χ3n) is 3.86. The molecule has 4 nitrogen and oxygen atoms in total. The Labute approximate surface area is 140 Å². The molecule has 118 valence electrons. The maximum absolute atomic E-state index is 5.64. The second kappa shape index (κ2) is 8.41. The number of likely N-dealkylation sites (tertiary alicyclic amines) is 1. The Morgan fingerprint density at radius 3 is 2.70 bits per heavy atom. The van der Waals surface area contributed by atoms with Crippen LogP contribution in [0.5, 0.6) is 0 Å². The number of ether oxygens (including phenoxy) is 1. The van der Waals surface area contributed by atoms with Crippen molar-refractivity contribution in [3.63, 3.8) is 0 Å². The van der Waals surface area contributed by atoms with Gasteiger partial charge in [0, 0.05) is 26.2 Å². The Morgan fingerprint density at radius 1 is 1.40 bits per heavy atom. The molecule has 0 radical (unpaired) electrons. The van der Waals surface area contributed by atoms with Gasteiger partial charge in [-0.1, -0.05) is 13.8 Å². The summed E-state index contributed by atoms with van der Waals surface area (Å²) < 4.78 is 5.64. The molecule has 2 rings (SSSR count). The number of aliphatic imine (C=N–C) groups is 1. The summed E-state index contributed by atoms with van der Waals surface area (Å²) in [5.41, 5.74) is 0.415. The first kappa shape index (κ1) is 18.0. The zero-order valence-electron chi connectivity index (χ0n) is 13.2. The summed E-state index contributed by atoms with van der Waals surface area (Å²) in [5, 5.41) is 3.39. The summed E-state index contributed by atoms with van der Waals surface area (Å²) in [6, 6.07) is 0. The molecule has 1 aliphatic carbocycles. The smallest absolute Gasteiger partial charge is 0.194 e. The zero-order chi connectivity index (χ0) is 13.7. The Bertz CT molecular complexity index is 316. The standard InChI is InChI=1S/C15H29N3O.HI/c1-4-16-14(18-9-7-15(2,3)12-18)17-8-10-19-11-13-5-6-13;/h13H,4-12H2,1-3H3,(H,16,17);1H. The highest BCUT2D eigenvalue weighted by Crippen LogP contribution is 2.29. The first-order valence-corrected chi connectivity index (χ1v) is 7.72. The first-order valence-electron chi connectivity index (χ1n) is 7.72. The Kier molecular flexibility index (Phi) is 7.58. The monoisotopic (exact) mass is 395 g/mol. The van der Waals surface area contributed by atoms with Crippen molar-refractivity contribution in [1.82, 2.24) is 10.2 Å². The second-order valence-electron chi connectivity index (χ2n) is 6.59. The normalized spacial score (nSPS) is 21.8. The van der Waals surface area contributed by atoms with Crippen LogP contribution >= 0.6 is 24.0 Å². The van der Waals surface area contributed by atoms with E-state index < -0.39 is 0 Å².